The Morgan fingerprint density at radius 3 is 2.54 bits per heavy atom. The topological polar surface area (TPSA) is 23.8 Å². The molecule has 74 valence electrons. The summed E-state index contributed by atoms with van der Waals surface area (Å²) in [6.07, 6.45) is 4.07. The lowest BCUT2D eigenvalue weighted by Crippen LogP contribution is -1.96. The van der Waals surface area contributed by atoms with Crippen LogP contribution in [0, 0.1) is 11.3 Å². The van der Waals surface area contributed by atoms with Crippen molar-refractivity contribution in [3.05, 3.63) is 11.5 Å². The molecule has 0 aromatic heterocycles. The van der Waals surface area contributed by atoms with Crippen molar-refractivity contribution in [2.24, 2.45) is 0 Å². The zero-order chi connectivity index (χ0) is 10.2. The Labute approximate surface area is 79.6 Å². The Morgan fingerprint density at radius 1 is 1.31 bits per heavy atom. The van der Waals surface area contributed by atoms with Gasteiger partial charge in [0.25, 0.3) is 0 Å². The van der Waals surface area contributed by atoms with Crippen molar-refractivity contribution in [3.63, 3.8) is 0 Å². The fourth-order valence-corrected chi connectivity index (χ4v) is 1.05. The average Bonchev–Trinajstić information content (AvgIpc) is 2.01. The lowest BCUT2D eigenvalue weighted by Gasteiger charge is -1.98. The Hall–Kier alpha value is -0.630. The molecule has 1 nitrogen and oxygen atoms in total. The molecule has 0 amide bonds. The lowest BCUT2D eigenvalue weighted by atomic mass is 10.2. The number of halogens is 3. The quantitative estimate of drug-likeness (QED) is 0.642. The van der Waals surface area contributed by atoms with Gasteiger partial charge in [-0.2, -0.15) is 18.4 Å². The Kier molecular flexibility index (Phi) is 6.51. The Bertz CT molecular complexity index is 193. The fourth-order valence-electron chi connectivity index (χ4n) is 0.660. The molecule has 0 saturated heterocycles. The third kappa shape index (κ3) is 11.4. The van der Waals surface area contributed by atoms with Gasteiger partial charge in [-0.15, -0.1) is 0 Å². The molecule has 5 heteroatoms. The summed E-state index contributed by atoms with van der Waals surface area (Å²) in [5, 5.41) is 9.20. The molecule has 0 aromatic rings. The minimum absolute atomic E-state index is 0.148. The zero-order valence-electron chi connectivity index (χ0n) is 6.97. The van der Waals surface area contributed by atoms with Crippen molar-refractivity contribution in [2.45, 2.75) is 31.2 Å². The van der Waals surface area contributed by atoms with E-state index >= 15 is 0 Å². The van der Waals surface area contributed by atoms with Crippen molar-refractivity contribution in [1.82, 2.24) is 0 Å². The summed E-state index contributed by atoms with van der Waals surface area (Å²) in [6.45, 7) is 0. The second-order valence-electron chi connectivity index (χ2n) is 2.34. The van der Waals surface area contributed by atoms with Crippen LogP contribution in [0.5, 0.6) is 0 Å². The number of allylic oxidation sites excluding steroid dienone is 1. The van der Waals surface area contributed by atoms with Gasteiger partial charge in [-0.05, 0) is 36.4 Å². The van der Waals surface area contributed by atoms with Crippen LogP contribution in [0.25, 0.3) is 0 Å². The highest BCUT2D eigenvalue weighted by Crippen LogP contribution is 2.30. The van der Waals surface area contributed by atoms with Crippen LogP contribution < -0.4 is 0 Å². The third-order valence-electron chi connectivity index (χ3n) is 1.21. The van der Waals surface area contributed by atoms with Crippen LogP contribution in [-0.2, 0) is 0 Å². The first-order valence-corrected chi connectivity index (χ1v) is 4.71. The van der Waals surface area contributed by atoms with E-state index in [1.807, 2.05) is 6.07 Å². The molecule has 0 aliphatic heterocycles. The number of unbranched alkanes of at least 4 members (excludes halogenated alkanes) is 3. The van der Waals surface area contributed by atoms with E-state index in [0.29, 0.717) is 12.8 Å². The predicted octanol–water partition coefficient (Wildman–Crippen LogP) is 3.84. The fraction of sp³-hybridized carbons (Fsp3) is 0.625. The maximum absolute atomic E-state index is 11.6. The Morgan fingerprint density at radius 2 is 2.00 bits per heavy atom. The molecule has 0 rings (SSSR count). The van der Waals surface area contributed by atoms with E-state index in [-0.39, 0.29) is 11.8 Å². The molecule has 0 atom stereocenters. The van der Waals surface area contributed by atoms with E-state index < -0.39 is 5.51 Å². The van der Waals surface area contributed by atoms with Crippen LogP contribution in [0.2, 0.25) is 0 Å². The van der Waals surface area contributed by atoms with Crippen LogP contribution in [0.1, 0.15) is 25.7 Å². The van der Waals surface area contributed by atoms with Crippen LogP contribution in [0.4, 0.5) is 13.2 Å². The number of nitrogens with zero attached hydrogens (tertiary/aromatic N) is 1. The van der Waals surface area contributed by atoms with E-state index in [1.165, 1.54) is 6.08 Å². The number of hydrogen-bond acceptors (Lipinski definition) is 2. The number of nitriles is 1. The first-order chi connectivity index (χ1) is 6.06. The molecule has 0 spiro atoms. The van der Waals surface area contributed by atoms with Gasteiger partial charge in [0.05, 0.1) is 6.07 Å². The maximum atomic E-state index is 11.6. The SMILES string of the molecule is N#CCCCC/C=C/SC(F)(F)F. The molecule has 0 bridgehead atoms. The predicted molar refractivity (Wildman–Crippen MR) is 46.9 cm³/mol. The molecule has 0 unspecified atom stereocenters. The second-order valence-corrected chi connectivity index (χ2v) is 3.31. The lowest BCUT2D eigenvalue weighted by molar-refractivity contribution is -0.0320. The molecule has 13 heavy (non-hydrogen) atoms. The smallest absolute Gasteiger partial charge is 0.198 e. The molecule has 0 heterocycles. The van der Waals surface area contributed by atoms with Gasteiger partial charge in [-0.1, -0.05) is 6.08 Å². The summed E-state index contributed by atoms with van der Waals surface area (Å²) in [5.74, 6) is 0. The monoisotopic (exact) mass is 209 g/mol. The van der Waals surface area contributed by atoms with Gasteiger partial charge in [-0.3, -0.25) is 0 Å². The van der Waals surface area contributed by atoms with Gasteiger partial charge in [0.15, 0.2) is 0 Å². The maximum Gasteiger partial charge on any atom is 0.445 e. The molecule has 0 fully saturated rings. The normalized spacial score (nSPS) is 11.8. The number of thioether (sulfide) groups is 1. The van der Waals surface area contributed by atoms with E-state index in [1.54, 1.807) is 0 Å². The van der Waals surface area contributed by atoms with Crippen LogP contribution in [0.3, 0.4) is 0 Å². The highest BCUT2D eigenvalue weighted by Gasteiger charge is 2.26. The van der Waals surface area contributed by atoms with E-state index in [9.17, 15) is 13.2 Å². The molecular formula is C8H10F3NS. The van der Waals surface area contributed by atoms with Crippen LogP contribution >= 0.6 is 11.8 Å². The van der Waals surface area contributed by atoms with Crippen LogP contribution in [0.15, 0.2) is 11.5 Å². The zero-order valence-corrected chi connectivity index (χ0v) is 7.79. The largest absolute Gasteiger partial charge is 0.445 e. The number of rotatable bonds is 5. The van der Waals surface area contributed by atoms with Gasteiger partial charge in [-0.25, -0.2) is 0 Å². The molecular weight excluding hydrogens is 199 g/mol. The van der Waals surface area contributed by atoms with Crippen LogP contribution in [-0.4, -0.2) is 5.51 Å². The van der Waals surface area contributed by atoms with E-state index in [2.05, 4.69) is 0 Å². The summed E-state index contributed by atoms with van der Waals surface area (Å²) in [5.41, 5.74) is -4.18. The highest BCUT2D eigenvalue weighted by atomic mass is 32.2. The average molecular weight is 209 g/mol. The van der Waals surface area contributed by atoms with Gasteiger partial charge >= 0.3 is 5.51 Å². The summed E-state index contributed by atoms with van der Waals surface area (Å²) < 4.78 is 34.7. The van der Waals surface area contributed by atoms with Crippen molar-refractivity contribution in [3.8, 4) is 6.07 Å². The highest BCUT2D eigenvalue weighted by molar-refractivity contribution is 8.02. The first kappa shape index (κ1) is 12.4. The molecule has 0 aromatic carbocycles. The molecule has 0 aliphatic rings. The minimum atomic E-state index is -4.18. The minimum Gasteiger partial charge on any atom is -0.198 e. The van der Waals surface area contributed by atoms with E-state index in [0.717, 1.165) is 18.2 Å². The standard InChI is InChI=1S/C8H10F3NS/c9-8(10,11)13-7-5-3-1-2-4-6-12/h5,7H,1-4H2/b7-5+. The van der Waals surface area contributed by atoms with Crippen molar-refractivity contribution < 1.29 is 13.2 Å². The first-order valence-electron chi connectivity index (χ1n) is 3.83. The van der Waals surface area contributed by atoms with Crippen molar-refractivity contribution in [1.29, 1.82) is 5.26 Å². The molecule has 0 saturated carbocycles. The number of hydrogen-bond donors (Lipinski definition) is 0. The second kappa shape index (κ2) is 6.84. The third-order valence-corrected chi connectivity index (χ3v) is 1.80. The summed E-state index contributed by atoms with van der Waals surface area (Å²) in [6, 6.07) is 1.97. The van der Waals surface area contributed by atoms with Crippen molar-refractivity contribution >= 4 is 11.8 Å². The van der Waals surface area contributed by atoms with Gasteiger partial charge in [0.2, 0.25) is 0 Å². The summed E-state index contributed by atoms with van der Waals surface area (Å²) >= 11 is -0.148. The van der Waals surface area contributed by atoms with Gasteiger partial charge < -0.3 is 0 Å². The molecule has 0 aliphatic carbocycles. The van der Waals surface area contributed by atoms with Gasteiger partial charge in [0, 0.05) is 6.42 Å². The molecule has 0 N–H and O–H groups in total. The van der Waals surface area contributed by atoms with E-state index in [4.69, 9.17) is 5.26 Å². The summed E-state index contributed by atoms with van der Waals surface area (Å²) in [7, 11) is 0. The summed E-state index contributed by atoms with van der Waals surface area (Å²) in [4.78, 5) is 0. The molecule has 0 radical (unpaired) electrons. The van der Waals surface area contributed by atoms with Gasteiger partial charge in [0.1, 0.15) is 0 Å². The Balaban J connectivity index is 3.28. The van der Waals surface area contributed by atoms with Crippen molar-refractivity contribution in [2.75, 3.05) is 0 Å². The number of alkyl halides is 3.